The minimum atomic E-state index is -1.98. The number of benzene rings is 2. The molecule has 4 aliphatic rings. The third kappa shape index (κ3) is 12.3. The summed E-state index contributed by atoms with van der Waals surface area (Å²) in [5.74, 6) is -0.338. The summed E-state index contributed by atoms with van der Waals surface area (Å²) < 4.78 is 35.9. The van der Waals surface area contributed by atoms with Gasteiger partial charge in [-0.05, 0) is 64.0 Å². The van der Waals surface area contributed by atoms with Crippen molar-refractivity contribution >= 4 is 6.09 Å². The van der Waals surface area contributed by atoms with Gasteiger partial charge in [-0.25, -0.2) is 4.79 Å². The van der Waals surface area contributed by atoms with E-state index < -0.39 is 123 Å². The van der Waals surface area contributed by atoms with E-state index in [2.05, 4.69) is 50.1 Å². The fraction of sp³-hybridized carbons (Fsp3) is 0.667. The number of rotatable bonds is 19. The number of carbonyl (C=O) groups excluding carboxylic acids is 1. The van der Waals surface area contributed by atoms with Crippen molar-refractivity contribution in [3.63, 3.8) is 0 Å². The molecule has 2 aromatic rings. The van der Waals surface area contributed by atoms with Crippen molar-refractivity contribution in [1.29, 1.82) is 0 Å². The number of hydrogen-bond donors (Lipinski definition) is 6. The van der Waals surface area contributed by atoms with Crippen LogP contribution in [0.5, 0.6) is 0 Å². The SMILES string of the molecule is [N-]=[N+]=NCC1OC(OC2C(CO)OC(OC3C(O)C(N=[N+]=[N-])C(O)C(N=[N+]=[N-])C3OC3CC(CN(Cc4ccccc4)C(=O)OCc4ccccc4)CCC3N=[N+]=[N-])C2O)C(N=[N+]=[N-])C(O)C1O. The molecule has 2 aliphatic carbocycles. The Bertz CT molecular complexity index is 2230. The average Bonchev–Trinajstić information content (AvgIpc) is 3.64. The molecule has 0 radical (unpaired) electrons. The third-order valence-electron chi connectivity index (χ3n) is 12.2. The van der Waals surface area contributed by atoms with Crippen LogP contribution in [-0.2, 0) is 41.6 Å². The van der Waals surface area contributed by atoms with Crippen molar-refractivity contribution in [3.8, 4) is 0 Å². The molecule has 2 heterocycles. The highest BCUT2D eigenvalue weighted by Gasteiger charge is 2.56. The topological polar surface area (TPSA) is 441 Å². The Hall–Kier alpha value is -6.18. The predicted molar refractivity (Wildman–Crippen MR) is 229 cm³/mol. The number of ether oxygens (including phenoxy) is 6. The van der Waals surface area contributed by atoms with Crippen LogP contribution in [0.2, 0.25) is 0 Å². The predicted octanol–water partition coefficient (Wildman–Crippen LogP) is 3.44. The quantitative estimate of drug-likeness (QED) is 0.0669. The Balaban J connectivity index is 1.27. The van der Waals surface area contributed by atoms with Crippen molar-refractivity contribution in [1.82, 2.24) is 4.90 Å². The summed E-state index contributed by atoms with van der Waals surface area (Å²) in [6.07, 6.45) is -21.8. The minimum absolute atomic E-state index is 0.00817. The molecule has 2 aromatic carbocycles. The molecule has 0 spiro atoms. The number of nitrogens with zero attached hydrogens (tertiary/aromatic N) is 16. The van der Waals surface area contributed by atoms with Gasteiger partial charge in [0.25, 0.3) is 0 Å². The molecule has 0 bridgehead atoms. The standard InChI is InChI=1S/C39H50N16O13/c40-50-45-14-24-29(57)31(59)28(49-54-44)37(65-24)67-34-25(17-56)66-38(33(34)61)68-36-32(60)26(47-52-42)30(58)27(48-53-43)35(36)64-23-13-21(11-12-22(23)46-51-41)16-55(15-19-7-3-1-4-8-19)39(62)63-18-20-9-5-2-6-10-20/h1-10,21-38,56-61H,11-18H2. The smallest absolute Gasteiger partial charge is 0.410 e. The first-order chi connectivity index (χ1) is 33.0. The van der Waals surface area contributed by atoms with Crippen LogP contribution in [0.1, 0.15) is 30.4 Å². The maximum absolute atomic E-state index is 13.7. The van der Waals surface area contributed by atoms with Crippen LogP contribution < -0.4 is 0 Å². The van der Waals surface area contributed by atoms with Gasteiger partial charge < -0.3 is 64.0 Å². The van der Waals surface area contributed by atoms with Crippen LogP contribution in [-0.4, -0.2) is 165 Å². The van der Waals surface area contributed by atoms with E-state index in [1.54, 1.807) is 0 Å². The zero-order valence-electron chi connectivity index (χ0n) is 36.0. The number of carbonyl (C=O) groups is 1. The molecule has 6 N–H and O–H groups in total. The first-order valence-electron chi connectivity index (χ1n) is 21.4. The highest BCUT2D eigenvalue weighted by Crippen LogP contribution is 2.39. The van der Waals surface area contributed by atoms with Gasteiger partial charge in [0.15, 0.2) is 12.6 Å². The third-order valence-corrected chi connectivity index (χ3v) is 12.2. The maximum atomic E-state index is 13.7. The molecule has 0 aromatic heterocycles. The zero-order valence-corrected chi connectivity index (χ0v) is 36.0. The van der Waals surface area contributed by atoms with E-state index in [4.69, 9.17) is 34.0 Å². The Labute approximate surface area is 385 Å². The molecular formula is C39H50N16O13. The fourth-order valence-electron chi connectivity index (χ4n) is 8.85. The summed E-state index contributed by atoms with van der Waals surface area (Å²) in [6.45, 7) is -1.04. The number of hydrogen-bond acceptors (Lipinski definition) is 18. The van der Waals surface area contributed by atoms with Gasteiger partial charge in [0, 0.05) is 37.6 Å². The minimum Gasteiger partial charge on any atom is -0.445 e. The van der Waals surface area contributed by atoms with Crippen LogP contribution >= 0.6 is 0 Å². The molecule has 29 nitrogen and oxygen atoms in total. The molecule has 1 amide bonds. The van der Waals surface area contributed by atoms with E-state index in [9.17, 15) is 57.6 Å². The van der Waals surface area contributed by atoms with Gasteiger partial charge in [-0.2, -0.15) is 0 Å². The molecule has 2 saturated heterocycles. The lowest BCUT2D eigenvalue weighted by Crippen LogP contribution is -2.65. The van der Waals surface area contributed by atoms with Crippen molar-refractivity contribution in [2.75, 3.05) is 19.7 Å². The lowest BCUT2D eigenvalue weighted by molar-refractivity contribution is -0.281. The van der Waals surface area contributed by atoms with Crippen LogP contribution in [0.4, 0.5) is 4.79 Å². The van der Waals surface area contributed by atoms with Crippen molar-refractivity contribution in [2.24, 2.45) is 31.5 Å². The fourth-order valence-corrected chi connectivity index (χ4v) is 8.85. The second kappa shape index (κ2) is 24.7. The van der Waals surface area contributed by atoms with Gasteiger partial charge in [-0.3, -0.25) is 0 Å². The lowest BCUT2D eigenvalue weighted by atomic mass is 9.80. The van der Waals surface area contributed by atoms with Gasteiger partial charge >= 0.3 is 6.09 Å². The van der Waals surface area contributed by atoms with Crippen molar-refractivity contribution < 1.29 is 63.9 Å². The van der Waals surface area contributed by atoms with Gasteiger partial charge in [-0.1, -0.05) is 86.2 Å². The van der Waals surface area contributed by atoms with Crippen LogP contribution in [0, 0.1) is 5.92 Å². The molecule has 2 aliphatic heterocycles. The lowest BCUT2D eigenvalue weighted by Gasteiger charge is -2.47. The van der Waals surface area contributed by atoms with E-state index >= 15 is 0 Å². The molecule has 6 rings (SSSR count). The number of amides is 1. The Morgan fingerprint density at radius 2 is 1.26 bits per heavy atom. The first-order valence-corrected chi connectivity index (χ1v) is 21.4. The van der Waals surface area contributed by atoms with E-state index in [1.807, 2.05) is 60.7 Å². The van der Waals surface area contributed by atoms with E-state index in [0.717, 1.165) is 11.1 Å². The first kappa shape index (κ1) is 51.2. The average molecular weight is 951 g/mol. The van der Waals surface area contributed by atoms with Gasteiger partial charge in [0.2, 0.25) is 0 Å². The Kier molecular flexibility index (Phi) is 18.6. The second-order valence-corrected chi connectivity index (χ2v) is 16.4. The summed E-state index contributed by atoms with van der Waals surface area (Å²) in [6, 6.07) is 12.4. The molecular weight excluding hydrogens is 901 g/mol. The van der Waals surface area contributed by atoms with Crippen molar-refractivity contribution in [3.05, 3.63) is 124 Å². The molecule has 68 heavy (non-hydrogen) atoms. The Morgan fingerprint density at radius 3 is 1.91 bits per heavy atom. The molecule has 29 heteroatoms. The summed E-state index contributed by atoms with van der Waals surface area (Å²) in [4.78, 5) is 29.1. The van der Waals surface area contributed by atoms with Crippen LogP contribution in [0.3, 0.4) is 0 Å². The van der Waals surface area contributed by atoms with Gasteiger partial charge in [0.1, 0.15) is 43.2 Å². The monoisotopic (exact) mass is 950 g/mol. The second-order valence-electron chi connectivity index (χ2n) is 16.4. The highest BCUT2D eigenvalue weighted by atomic mass is 16.8. The maximum Gasteiger partial charge on any atom is 0.410 e. The summed E-state index contributed by atoms with van der Waals surface area (Å²) in [7, 11) is 0. The molecule has 18 unspecified atom stereocenters. The van der Waals surface area contributed by atoms with E-state index in [0.29, 0.717) is 6.42 Å². The summed E-state index contributed by atoms with van der Waals surface area (Å²) in [5, 5.41) is 84.6. The Morgan fingerprint density at radius 1 is 0.647 bits per heavy atom. The number of aliphatic hydroxyl groups is 6. The van der Waals surface area contributed by atoms with E-state index in [1.165, 1.54) is 4.90 Å². The number of azide groups is 5. The molecule has 4 fully saturated rings. The molecule has 18 atom stereocenters. The van der Waals surface area contributed by atoms with Crippen molar-refractivity contribution in [2.45, 2.75) is 136 Å². The van der Waals surface area contributed by atoms with Gasteiger partial charge in [-0.15, -0.1) is 0 Å². The largest absolute Gasteiger partial charge is 0.445 e. The zero-order chi connectivity index (χ0) is 48.7. The van der Waals surface area contributed by atoms with E-state index in [-0.39, 0.29) is 38.5 Å². The highest BCUT2D eigenvalue weighted by molar-refractivity contribution is 5.67. The normalized spacial score (nSPS) is 35.4. The molecule has 364 valence electrons. The summed E-state index contributed by atoms with van der Waals surface area (Å²) >= 11 is 0. The van der Waals surface area contributed by atoms with Gasteiger partial charge in [0.05, 0.1) is 67.9 Å². The van der Waals surface area contributed by atoms with Crippen LogP contribution in [0.15, 0.2) is 86.2 Å². The summed E-state index contributed by atoms with van der Waals surface area (Å²) in [5.41, 5.74) is 48.3. The number of aliphatic hydroxyl groups excluding tert-OH is 6. The molecule has 2 saturated carbocycles. The van der Waals surface area contributed by atoms with Crippen LogP contribution in [0.25, 0.3) is 52.2 Å².